The number of imidazole rings is 1. The van der Waals surface area contributed by atoms with Crippen LogP contribution in [0, 0.1) is 13.8 Å². The van der Waals surface area contributed by atoms with Gasteiger partial charge in [-0.2, -0.15) is 0 Å². The normalized spacial score (nSPS) is 10.7. The number of hydrogen-bond acceptors (Lipinski definition) is 3. The van der Waals surface area contributed by atoms with Crippen molar-refractivity contribution in [2.75, 3.05) is 11.9 Å². The summed E-state index contributed by atoms with van der Waals surface area (Å²) in [5.74, 6) is 1.77. The van der Waals surface area contributed by atoms with Crippen LogP contribution in [0.4, 0.5) is 5.95 Å². The van der Waals surface area contributed by atoms with Gasteiger partial charge in [0.15, 0.2) is 0 Å². The standard InChI is InChI=1S/C21H25N3O/c1-5-25-19-10-7-17(8-11-19)13-22-21-23-14-20(24(21)4)18-9-6-15(2)16(3)12-18/h6-12,14H,5,13H2,1-4H3,(H,22,23). The third-order valence-electron chi connectivity index (χ3n) is 4.48. The second-order valence-corrected chi connectivity index (χ2v) is 6.26. The molecule has 3 rings (SSSR count). The monoisotopic (exact) mass is 335 g/mol. The fraction of sp³-hybridized carbons (Fsp3) is 0.286. The first kappa shape index (κ1) is 17.1. The summed E-state index contributed by atoms with van der Waals surface area (Å²) in [6.07, 6.45) is 1.92. The van der Waals surface area contributed by atoms with Gasteiger partial charge in [-0.15, -0.1) is 0 Å². The number of nitrogens with zero attached hydrogens (tertiary/aromatic N) is 2. The highest BCUT2D eigenvalue weighted by Crippen LogP contribution is 2.24. The smallest absolute Gasteiger partial charge is 0.203 e. The quantitative estimate of drug-likeness (QED) is 0.709. The van der Waals surface area contributed by atoms with Crippen LogP contribution >= 0.6 is 0 Å². The van der Waals surface area contributed by atoms with E-state index in [-0.39, 0.29) is 0 Å². The molecule has 0 spiro atoms. The van der Waals surface area contributed by atoms with E-state index in [0.29, 0.717) is 6.61 Å². The Kier molecular flexibility index (Phi) is 5.08. The molecule has 0 bridgehead atoms. The van der Waals surface area contributed by atoms with Crippen molar-refractivity contribution >= 4 is 5.95 Å². The van der Waals surface area contributed by atoms with E-state index in [1.54, 1.807) is 0 Å². The van der Waals surface area contributed by atoms with Crippen molar-refractivity contribution in [3.8, 4) is 17.0 Å². The molecule has 0 aliphatic heterocycles. The highest BCUT2D eigenvalue weighted by Gasteiger charge is 2.09. The van der Waals surface area contributed by atoms with Gasteiger partial charge in [0.25, 0.3) is 0 Å². The summed E-state index contributed by atoms with van der Waals surface area (Å²) in [7, 11) is 2.04. The fourth-order valence-corrected chi connectivity index (χ4v) is 2.79. The van der Waals surface area contributed by atoms with Gasteiger partial charge in [0.1, 0.15) is 5.75 Å². The Balaban J connectivity index is 1.71. The van der Waals surface area contributed by atoms with E-state index in [2.05, 4.69) is 59.0 Å². The maximum absolute atomic E-state index is 5.48. The fourth-order valence-electron chi connectivity index (χ4n) is 2.79. The maximum Gasteiger partial charge on any atom is 0.203 e. The van der Waals surface area contributed by atoms with Crippen LogP contribution in [0.25, 0.3) is 11.3 Å². The minimum atomic E-state index is 0.687. The number of nitrogens with one attached hydrogen (secondary N) is 1. The lowest BCUT2D eigenvalue weighted by molar-refractivity contribution is 0.340. The molecule has 0 aliphatic rings. The van der Waals surface area contributed by atoms with Gasteiger partial charge in [-0.25, -0.2) is 4.98 Å². The molecule has 0 amide bonds. The van der Waals surface area contributed by atoms with Crippen LogP contribution in [0.15, 0.2) is 48.7 Å². The van der Waals surface area contributed by atoms with Gasteiger partial charge >= 0.3 is 0 Å². The van der Waals surface area contributed by atoms with Crippen LogP contribution in [0.1, 0.15) is 23.6 Å². The van der Waals surface area contributed by atoms with Crippen molar-refractivity contribution in [3.05, 3.63) is 65.4 Å². The summed E-state index contributed by atoms with van der Waals surface area (Å²) < 4.78 is 7.57. The minimum Gasteiger partial charge on any atom is -0.494 e. The number of anilines is 1. The molecule has 0 unspecified atom stereocenters. The van der Waals surface area contributed by atoms with E-state index in [0.717, 1.165) is 23.9 Å². The highest BCUT2D eigenvalue weighted by molar-refractivity contribution is 5.63. The molecule has 2 aromatic carbocycles. The molecule has 0 aliphatic carbocycles. The van der Waals surface area contributed by atoms with Crippen molar-refractivity contribution in [1.82, 2.24) is 9.55 Å². The molecule has 25 heavy (non-hydrogen) atoms. The van der Waals surface area contributed by atoms with Gasteiger partial charge in [-0.1, -0.05) is 24.3 Å². The molecule has 0 radical (unpaired) electrons. The molecule has 4 heteroatoms. The molecule has 0 saturated carbocycles. The maximum atomic E-state index is 5.48. The summed E-state index contributed by atoms with van der Waals surface area (Å²) in [4.78, 5) is 4.53. The Labute approximate surface area is 149 Å². The molecule has 3 aromatic rings. The Morgan fingerprint density at radius 3 is 2.48 bits per heavy atom. The van der Waals surface area contributed by atoms with Gasteiger partial charge in [-0.3, -0.25) is 0 Å². The van der Waals surface area contributed by atoms with Crippen molar-refractivity contribution in [1.29, 1.82) is 0 Å². The molecule has 1 heterocycles. The Hall–Kier alpha value is -2.75. The van der Waals surface area contributed by atoms with E-state index in [4.69, 9.17) is 4.74 Å². The number of rotatable bonds is 6. The lowest BCUT2D eigenvalue weighted by Gasteiger charge is -2.10. The lowest BCUT2D eigenvalue weighted by Crippen LogP contribution is -2.05. The third kappa shape index (κ3) is 3.85. The summed E-state index contributed by atoms with van der Waals surface area (Å²) >= 11 is 0. The predicted octanol–water partition coefficient (Wildman–Crippen LogP) is 4.71. The van der Waals surface area contributed by atoms with Crippen LogP contribution in [0.2, 0.25) is 0 Å². The van der Waals surface area contributed by atoms with Crippen LogP contribution in [-0.4, -0.2) is 16.2 Å². The zero-order valence-electron chi connectivity index (χ0n) is 15.3. The minimum absolute atomic E-state index is 0.687. The van der Waals surface area contributed by atoms with Crippen molar-refractivity contribution in [3.63, 3.8) is 0 Å². The zero-order valence-corrected chi connectivity index (χ0v) is 15.3. The van der Waals surface area contributed by atoms with Gasteiger partial charge in [0.2, 0.25) is 5.95 Å². The first-order valence-corrected chi connectivity index (χ1v) is 8.63. The highest BCUT2D eigenvalue weighted by atomic mass is 16.5. The number of benzene rings is 2. The van der Waals surface area contributed by atoms with Gasteiger partial charge in [0, 0.05) is 19.2 Å². The Morgan fingerprint density at radius 2 is 1.80 bits per heavy atom. The van der Waals surface area contributed by atoms with E-state index < -0.39 is 0 Å². The summed E-state index contributed by atoms with van der Waals surface area (Å²) in [5, 5.41) is 3.41. The van der Waals surface area contributed by atoms with Gasteiger partial charge in [-0.05, 0) is 55.7 Å². The first-order valence-electron chi connectivity index (χ1n) is 8.63. The SMILES string of the molecule is CCOc1ccc(CNc2ncc(-c3ccc(C)c(C)c3)n2C)cc1. The van der Waals surface area contributed by atoms with Gasteiger partial charge in [0.05, 0.1) is 18.5 Å². The third-order valence-corrected chi connectivity index (χ3v) is 4.48. The predicted molar refractivity (Wildman–Crippen MR) is 103 cm³/mol. The average molecular weight is 335 g/mol. The summed E-state index contributed by atoms with van der Waals surface area (Å²) in [6.45, 7) is 7.67. The first-order chi connectivity index (χ1) is 12.1. The van der Waals surface area contributed by atoms with Crippen molar-refractivity contribution in [2.24, 2.45) is 7.05 Å². The van der Waals surface area contributed by atoms with E-state index in [9.17, 15) is 0 Å². The molecule has 1 aromatic heterocycles. The molecule has 1 N–H and O–H groups in total. The molecule has 0 saturated heterocycles. The molecule has 4 nitrogen and oxygen atoms in total. The number of ether oxygens (including phenoxy) is 1. The number of aromatic nitrogens is 2. The largest absolute Gasteiger partial charge is 0.494 e. The molecule has 0 fully saturated rings. The van der Waals surface area contributed by atoms with E-state index >= 15 is 0 Å². The van der Waals surface area contributed by atoms with Crippen LogP contribution in [0.5, 0.6) is 5.75 Å². The lowest BCUT2D eigenvalue weighted by atomic mass is 10.0. The van der Waals surface area contributed by atoms with Crippen LogP contribution in [-0.2, 0) is 13.6 Å². The topological polar surface area (TPSA) is 39.1 Å². The summed E-state index contributed by atoms with van der Waals surface area (Å²) in [5.41, 5.74) is 6.09. The summed E-state index contributed by atoms with van der Waals surface area (Å²) in [6, 6.07) is 14.7. The molecular weight excluding hydrogens is 310 g/mol. The number of hydrogen-bond donors (Lipinski definition) is 1. The van der Waals surface area contributed by atoms with E-state index in [1.807, 2.05) is 32.3 Å². The van der Waals surface area contributed by atoms with Crippen LogP contribution < -0.4 is 10.1 Å². The van der Waals surface area contributed by atoms with Crippen molar-refractivity contribution in [2.45, 2.75) is 27.3 Å². The molecule has 130 valence electrons. The van der Waals surface area contributed by atoms with Crippen LogP contribution in [0.3, 0.4) is 0 Å². The number of aryl methyl sites for hydroxylation is 2. The van der Waals surface area contributed by atoms with Gasteiger partial charge < -0.3 is 14.6 Å². The second-order valence-electron chi connectivity index (χ2n) is 6.26. The second kappa shape index (κ2) is 7.43. The molecule has 0 atom stereocenters. The Morgan fingerprint density at radius 1 is 1.04 bits per heavy atom. The Bertz CT molecular complexity index is 850. The van der Waals surface area contributed by atoms with E-state index in [1.165, 1.54) is 22.3 Å². The van der Waals surface area contributed by atoms with Crippen molar-refractivity contribution < 1.29 is 4.74 Å². The average Bonchev–Trinajstić information content (AvgIpc) is 2.98. The zero-order chi connectivity index (χ0) is 17.8. The molecular formula is C21H25N3O.